The Kier molecular flexibility index (Phi) is 8.02. The zero-order valence-corrected chi connectivity index (χ0v) is 17.3. The first-order valence-electron chi connectivity index (χ1n) is 8.98. The fraction of sp³-hybridized carbons (Fsp3) is 0.368. The third kappa shape index (κ3) is 5.81. The Morgan fingerprint density at radius 3 is 2.54 bits per heavy atom. The Labute approximate surface area is 173 Å². The predicted octanol–water partition coefficient (Wildman–Crippen LogP) is 3.45. The Bertz CT molecular complexity index is 914. The molecule has 0 saturated heterocycles. The van der Waals surface area contributed by atoms with Gasteiger partial charge in [0.2, 0.25) is 5.91 Å². The molecule has 28 heavy (non-hydrogen) atoms. The van der Waals surface area contributed by atoms with Crippen LogP contribution in [-0.2, 0) is 11.3 Å². The number of anilines is 1. The van der Waals surface area contributed by atoms with Crippen LogP contribution in [0.1, 0.15) is 37.2 Å². The van der Waals surface area contributed by atoms with Gasteiger partial charge in [0.25, 0.3) is 11.5 Å². The van der Waals surface area contributed by atoms with E-state index in [0.29, 0.717) is 41.7 Å². The lowest BCUT2D eigenvalue weighted by molar-refractivity contribution is -0.116. The summed E-state index contributed by atoms with van der Waals surface area (Å²) in [5.74, 6) is -0.808. The number of hydrogen-bond donors (Lipinski definition) is 1. The summed E-state index contributed by atoms with van der Waals surface area (Å²) in [4.78, 5) is 38.4. The highest BCUT2D eigenvalue weighted by Crippen LogP contribution is 2.25. The molecule has 9 heteroatoms. The van der Waals surface area contributed by atoms with Crippen molar-refractivity contribution in [3.05, 3.63) is 56.4 Å². The van der Waals surface area contributed by atoms with Crippen LogP contribution < -0.4 is 10.9 Å². The number of rotatable bonds is 8. The molecule has 0 aliphatic rings. The van der Waals surface area contributed by atoms with Crippen LogP contribution in [0, 0.1) is 0 Å². The molecule has 0 bridgehead atoms. The smallest absolute Gasteiger partial charge is 0.274 e. The highest BCUT2D eigenvalue weighted by atomic mass is 35.5. The van der Waals surface area contributed by atoms with Gasteiger partial charge in [0.1, 0.15) is 12.2 Å². The van der Waals surface area contributed by atoms with E-state index in [9.17, 15) is 14.4 Å². The minimum Gasteiger partial charge on any atom is -0.328 e. The maximum atomic E-state index is 12.8. The molecule has 0 fully saturated rings. The van der Waals surface area contributed by atoms with Crippen LogP contribution in [0.4, 0.5) is 5.69 Å². The average Bonchev–Trinajstić information content (AvgIpc) is 2.65. The number of aryl methyl sites for hydroxylation is 1. The SMILES string of the molecule is CCCN(CC(=O)Nc1ccc(Cl)cc1Cl)C(=O)c1ccc(=O)n(CCC)n1. The van der Waals surface area contributed by atoms with Crippen LogP contribution in [0.3, 0.4) is 0 Å². The van der Waals surface area contributed by atoms with Crippen molar-refractivity contribution in [2.45, 2.75) is 33.2 Å². The van der Waals surface area contributed by atoms with Gasteiger partial charge in [0.05, 0.1) is 10.7 Å². The molecule has 1 aromatic heterocycles. The van der Waals surface area contributed by atoms with Crippen molar-refractivity contribution >= 4 is 40.7 Å². The van der Waals surface area contributed by atoms with Crippen molar-refractivity contribution in [2.24, 2.45) is 0 Å². The van der Waals surface area contributed by atoms with Crippen molar-refractivity contribution in [1.29, 1.82) is 0 Å². The van der Waals surface area contributed by atoms with E-state index in [1.54, 1.807) is 12.1 Å². The topological polar surface area (TPSA) is 84.3 Å². The van der Waals surface area contributed by atoms with Crippen molar-refractivity contribution in [3.8, 4) is 0 Å². The monoisotopic (exact) mass is 424 g/mol. The zero-order chi connectivity index (χ0) is 20.7. The first kappa shape index (κ1) is 21.9. The van der Waals surface area contributed by atoms with Crippen molar-refractivity contribution in [1.82, 2.24) is 14.7 Å². The number of carbonyl (C=O) groups is 2. The summed E-state index contributed by atoms with van der Waals surface area (Å²) in [6.07, 6.45) is 1.38. The standard InChI is InChI=1S/C19H22Cl2N4O3/c1-3-9-24(12-17(26)22-15-6-5-13(20)11-14(15)21)19(28)16-7-8-18(27)25(23-16)10-4-2/h5-8,11H,3-4,9-10,12H2,1-2H3,(H,22,26). The first-order valence-corrected chi connectivity index (χ1v) is 9.73. The molecule has 0 spiro atoms. The van der Waals surface area contributed by atoms with E-state index in [1.807, 2.05) is 13.8 Å². The van der Waals surface area contributed by atoms with E-state index in [2.05, 4.69) is 10.4 Å². The van der Waals surface area contributed by atoms with Gasteiger partial charge < -0.3 is 10.2 Å². The molecule has 0 saturated carbocycles. The Morgan fingerprint density at radius 2 is 1.89 bits per heavy atom. The molecule has 0 unspecified atom stereocenters. The summed E-state index contributed by atoms with van der Waals surface area (Å²) in [5.41, 5.74) is 0.268. The minimum atomic E-state index is -0.413. The summed E-state index contributed by atoms with van der Waals surface area (Å²) in [7, 11) is 0. The van der Waals surface area contributed by atoms with Crippen LogP contribution in [0.15, 0.2) is 35.1 Å². The molecule has 2 aromatic rings. The number of hydrogen-bond acceptors (Lipinski definition) is 4. The Morgan fingerprint density at radius 1 is 1.14 bits per heavy atom. The van der Waals surface area contributed by atoms with Gasteiger partial charge in [0.15, 0.2) is 0 Å². The molecule has 2 amide bonds. The van der Waals surface area contributed by atoms with Crippen molar-refractivity contribution in [3.63, 3.8) is 0 Å². The summed E-state index contributed by atoms with van der Waals surface area (Å²) in [6, 6.07) is 7.42. The molecule has 0 aliphatic heterocycles. The van der Waals surface area contributed by atoms with Crippen LogP contribution in [0.2, 0.25) is 10.0 Å². The number of carbonyl (C=O) groups excluding carboxylic acids is 2. The highest BCUT2D eigenvalue weighted by molar-refractivity contribution is 6.36. The maximum absolute atomic E-state index is 12.8. The Balaban J connectivity index is 2.15. The Hall–Kier alpha value is -2.38. The summed E-state index contributed by atoms with van der Waals surface area (Å²) < 4.78 is 1.25. The fourth-order valence-corrected chi connectivity index (χ4v) is 3.03. The lowest BCUT2D eigenvalue weighted by Crippen LogP contribution is -2.39. The van der Waals surface area contributed by atoms with Gasteiger partial charge in [-0.1, -0.05) is 37.0 Å². The van der Waals surface area contributed by atoms with Gasteiger partial charge >= 0.3 is 0 Å². The lowest BCUT2D eigenvalue weighted by Gasteiger charge is -2.21. The molecular formula is C19H22Cl2N4O3. The van der Waals surface area contributed by atoms with Gasteiger partial charge in [0, 0.05) is 24.2 Å². The number of halogens is 2. The zero-order valence-electron chi connectivity index (χ0n) is 15.7. The van der Waals surface area contributed by atoms with Crippen molar-refractivity contribution in [2.75, 3.05) is 18.4 Å². The molecule has 1 heterocycles. The minimum absolute atomic E-state index is 0.124. The molecule has 0 radical (unpaired) electrons. The van der Waals surface area contributed by atoms with E-state index >= 15 is 0 Å². The van der Waals surface area contributed by atoms with E-state index in [0.717, 1.165) is 0 Å². The van der Waals surface area contributed by atoms with Gasteiger partial charge in [-0.15, -0.1) is 0 Å². The van der Waals surface area contributed by atoms with Crippen LogP contribution >= 0.6 is 23.2 Å². The van der Waals surface area contributed by atoms with Gasteiger partial charge in [-0.05, 0) is 37.1 Å². The van der Waals surface area contributed by atoms with E-state index < -0.39 is 11.8 Å². The first-order chi connectivity index (χ1) is 13.3. The molecule has 0 aliphatic carbocycles. The second-order valence-electron chi connectivity index (χ2n) is 6.18. The molecule has 1 aromatic carbocycles. The molecule has 1 N–H and O–H groups in total. The van der Waals surface area contributed by atoms with Gasteiger partial charge in [-0.3, -0.25) is 14.4 Å². The molecule has 2 rings (SSSR count). The maximum Gasteiger partial charge on any atom is 0.274 e. The van der Waals surface area contributed by atoms with E-state index in [1.165, 1.54) is 27.8 Å². The highest BCUT2D eigenvalue weighted by Gasteiger charge is 2.20. The molecule has 7 nitrogen and oxygen atoms in total. The number of nitrogens with zero attached hydrogens (tertiary/aromatic N) is 3. The average molecular weight is 425 g/mol. The van der Waals surface area contributed by atoms with Crippen LogP contribution in [-0.4, -0.2) is 39.6 Å². The quantitative estimate of drug-likeness (QED) is 0.702. The van der Waals surface area contributed by atoms with Crippen molar-refractivity contribution < 1.29 is 9.59 Å². The van der Waals surface area contributed by atoms with Gasteiger partial charge in [-0.2, -0.15) is 5.10 Å². The molecule has 0 atom stereocenters. The van der Waals surface area contributed by atoms with Crippen LogP contribution in [0.5, 0.6) is 0 Å². The fourth-order valence-electron chi connectivity index (χ4n) is 2.57. The largest absolute Gasteiger partial charge is 0.328 e. The molecular weight excluding hydrogens is 403 g/mol. The summed E-state index contributed by atoms with van der Waals surface area (Å²) >= 11 is 11.9. The second-order valence-corrected chi connectivity index (χ2v) is 7.02. The lowest BCUT2D eigenvalue weighted by atomic mass is 10.3. The number of nitrogens with one attached hydrogen (secondary N) is 1. The normalized spacial score (nSPS) is 10.6. The van der Waals surface area contributed by atoms with Gasteiger partial charge in [-0.25, -0.2) is 4.68 Å². The summed E-state index contributed by atoms with van der Waals surface area (Å²) in [6.45, 7) is 4.44. The van der Waals surface area contributed by atoms with E-state index in [-0.39, 0.29) is 17.8 Å². The third-order valence-electron chi connectivity index (χ3n) is 3.84. The van der Waals surface area contributed by atoms with Crippen LogP contribution in [0.25, 0.3) is 0 Å². The number of aromatic nitrogens is 2. The number of amides is 2. The predicted molar refractivity (Wildman–Crippen MR) is 110 cm³/mol. The summed E-state index contributed by atoms with van der Waals surface area (Å²) in [5, 5.41) is 7.57. The third-order valence-corrected chi connectivity index (χ3v) is 4.39. The number of benzene rings is 1. The molecule has 150 valence electrons. The second kappa shape index (κ2) is 10.2. The van der Waals surface area contributed by atoms with E-state index in [4.69, 9.17) is 23.2 Å².